The topological polar surface area (TPSA) is 61.7 Å². The molecule has 2 aromatic carbocycles. The lowest BCUT2D eigenvalue weighted by atomic mass is 10.1. The second-order valence-corrected chi connectivity index (χ2v) is 5.41. The van der Waals surface area contributed by atoms with E-state index in [1.165, 1.54) is 0 Å². The van der Waals surface area contributed by atoms with Crippen molar-refractivity contribution in [1.82, 2.24) is 5.43 Å². The van der Waals surface area contributed by atoms with Crippen molar-refractivity contribution in [3.05, 3.63) is 63.2 Å². The van der Waals surface area contributed by atoms with E-state index >= 15 is 0 Å². The zero-order valence-corrected chi connectivity index (χ0v) is 13.0. The quantitative estimate of drug-likeness (QED) is 0.488. The fraction of sp³-hybridized carbons (Fsp3) is 0.0667. The number of phenols is 1. The SMILES string of the molecule is CC(=NNC(=O)c1cccc(I)c1)c1ccccc1O. The molecule has 0 aliphatic carbocycles. The van der Waals surface area contributed by atoms with Crippen molar-refractivity contribution in [2.45, 2.75) is 6.92 Å². The third kappa shape index (κ3) is 3.57. The van der Waals surface area contributed by atoms with Crippen LogP contribution < -0.4 is 5.43 Å². The van der Waals surface area contributed by atoms with Gasteiger partial charge in [0.05, 0.1) is 5.71 Å². The lowest BCUT2D eigenvalue weighted by Gasteiger charge is -2.05. The summed E-state index contributed by atoms with van der Waals surface area (Å²) in [5.74, 6) is -0.143. The Bertz CT molecular complexity index is 668. The van der Waals surface area contributed by atoms with Crippen LogP contribution in [0, 0.1) is 3.57 Å². The number of carbonyl (C=O) groups is 1. The van der Waals surface area contributed by atoms with Gasteiger partial charge < -0.3 is 5.11 Å². The van der Waals surface area contributed by atoms with Crippen molar-refractivity contribution < 1.29 is 9.90 Å². The summed E-state index contributed by atoms with van der Waals surface area (Å²) >= 11 is 2.15. The predicted molar refractivity (Wildman–Crippen MR) is 86.9 cm³/mol. The summed E-state index contributed by atoms with van der Waals surface area (Å²) in [6.07, 6.45) is 0. The number of carbonyl (C=O) groups excluding carboxylic acids is 1. The third-order valence-corrected chi connectivity index (χ3v) is 3.38. The molecule has 0 aliphatic heterocycles. The lowest BCUT2D eigenvalue weighted by Crippen LogP contribution is -2.19. The molecule has 0 fully saturated rings. The molecule has 5 heteroatoms. The van der Waals surface area contributed by atoms with Crippen molar-refractivity contribution >= 4 is 34.2 Å². The fourth-order valence-corrected chi connectivity index (χ4v) is 2.21. The van der Waals surface area contributed by atoms with Gasteiger partial charge in [-0.15, -0.1) is 0 Å². The highest BCUT2D eigenvalue weighted by atomic mass is 127. The minimum absolute atomic E-state index is 0.136. The van der Waals surface area contributed by atoms with Gasteiger partial charge in [0, 0.05) is 14.7 Å². The summed E-state index contributed by atoms with van der Waals surface area (Å²) in [7, 11) is 0. The number of rotatable bonds is 3. The molecule has 0 aliphatic rings. The van der Waals surface area contributed by atoms with Gasteiger partial charge in [0.1, 0.15) is 5.75 Å². The summed E-state index contributed by atoms with van der Waals surface area (Å²) in [5, 5.41) is 13.7. The average molecular weight is 380 g/mol. The molecule has 0 saturated carbocycles. The van der Waals surface area contributed by atoms with Crippen LogP contribution in [-0.4, -0.2) is 16.7 Å². The Morgan fingerprint density at radius 2 is 1.95 bits per heavy atom. The summed E-state index contributed by atoms with van der Waals surface area (Å²) < 4.78 is 0.983. The number of phenolic OH excluding ortho intramolecular Hbond substituents is 1. The first kappa shape index (κ1) is 14.5. The molecule has 0 spiro atoms. The first-order chi connectivity index (χ1) is 9.58. The van der Waals surface area contributed by atoms with Gasteiger partial charge in [-0.3, -0.25) is 4.79 Å². The number of aromatic hydroxyl groups is 1. The van der Waals surface area contributed by atoms with Crippen LogP contribution in [0.4, 0.5) is 0 Å². The van der Waals surface area contributed by atoms with E-state index in [1.54, 1.807) is 43.3 Å². The smallest absolute Gasteiger partial charge is 0.271 e. The minimum atomic E-state index is -0.279. The van der Waals surface area contributed by atoms with Crippen molar-refractivity contribution in [3.63, 3.8) is 0 Å². The zero-order chi connectivity index (χ0) is 14.5. The van der Waals surface area contributed by atoms with Crippen LogP contribution in [0.1, 0.15) is 22.8 Å². The Morgan fingerprint density at radius 3 is 2.65 bits per heavy atom. The molecule has 20 heavy (non-hydrogen) atoms. The van der Waals surface area contributed by atoms with Gasteiger partial charge in [-0.2, -0.15) is 5.10 Å². The number of nitrogens with zero attached hydrogens (tertiary/aromatic N) is 1. The number of nitrogens with one attached hydrogen (secondary N) is 1. The van der Waals surface area contributed by atoms with Gasteiger partial charge in [0.15, 0.2) is 0 Å². The van der Waals surface area contributed by atoms with Crippen LogP contribution in [-0.2, 0) is 0 Å². The van der Waals surface area contributed by atoms with E-state index in [0.717, 1.165) is 3.57 Å². The Labute approximate surface area is 130 Å². The number of hydrogen-bond donors (Lipinski definition) is 2. The Balaban J connectivity index is 2.13. The summed E-state index contributed by atoms with van der Waals surface area (Å²) in [6.45, 7) is 1.73. The third-order valence-electron chi connectivity index (χ3n) is 2.71. The zero-order valence-electron chi connectivity index (χ0n) is 10.8. The van der Waals surface area contributed by atoms with E-state index in [2.05, 4.69) is 33.1 Å². The van der Waals surface area contributed by atoms with Crippen molar-refractivity contribution in [1.29, 1.82) is 0 Å². The van der Waals surface area contributed by atoms with Crippen molar-refractivity contribution in [3.8, 4) is 5.75 Å². The van der Waals surface area contributed by atoms with Gasteiger partial charge in [-0.05, 0) is 59.8 Å². The van der Waals surface area contributed by atoms with E-state index in [0.29, 0.717) is 16.8 Å². The highest BCUT2D eigenvalue weighted by Crippen LogP contribution is 2.16. The largest absolute Gasteiger partial charge is 0.507 e. The maximum absolute atomic E-state index is 11.9. The number of hydrazone groups is 1. The lowest BCUT2D eigenvalue weighted by molar-refractivity contribution is 0.0954. The molecular weight excluding hydrogens is 367 g/mol. The first-order valence-electron chi connectivity index (χ1n) is 5.96. The maximum Gasteiger partial charge on any atom is 0.271 e. The second-order valence-electron chi connectivity index (χ2n) is 4.17. The molecule has 0 heterocycles. The molecule has 2 N–H and O–H groups in total. The van der Waals surface area contributed by atoms with Crippen LogP contribution in [0.2, 0.25) is 0 Å². The molecule has 2 rings (SSSR count). The van der Waals surface area contributed by atoms with Crippen molar-refractivity contribution in [2.24, 2.45) is 5.10 Å². The number of halogens is 1. The number of hydrogen-bond acceptors (Lipinski definition) is 3. The molecule has 4 nitrogen and oxygen atoms in total. The van der Waals surface area contributed by atoms with Gasteiger partial charge in [0.25, 0.3) is 5.91 Å². The van der Waals surface area contributed by atoms with Crippen LogP contribution in [0.3, 0.4) is 0 Å². The molecule has 0 unspecified atom stereocenters. The normalized spacial score (nSPS) is 11.2. The van der Waals surface area contributed by atoms with Gasteiger partial charge >= 0.3 is 0 Å². The molecule has 0 radical (unpaired) electrons. The Kier molecular flexibility index (Phi) is 4.73. The minimum Gasteiger partial charge on any atom is -0.507 e. The van der Waals surface area contributed by atoms with Crippen molar-refractivity contribution in [2.75, 3.05) is 0 Å². The average Bonchev–Trinajstić information content (AvgIpc) is 2.45. The van der Waals surface area contributed by atoms with Crippen LogP contribution in [0.25, 0.3) is 0 Å². The first-order valence-corrected chi connectivity index (χ1v) is 7.04. The van der Waals surface area contributed by atoms with Gasteiger partial charge in [-0.25, -0.2) is 5.43 Å². The molecule has 0 atom stereocenters. The monoisotopic (exact) mass is 380 g/mol. The summed E-state index contributed by atoms with van der Waals surface area (Å²) in [6, 6.07) is 14.1. The summed E-state index contributed by atoms with van der Waals surface area (Å²) in [5.41, 5.74) is 4.17. The highest BCUT2D eigenvalue weighted by Gasteiger charge is 2.06. The van der Waals surface area contributed by atoms with Crippen LogP contribution in [0.15, 0.2) is 53.6 Å². The van der Waals surface area contributed by atoms with Crippen LogP contribution >= 0.6 is 22.6 Å². The van der Waals surface area contributed by atoms with Gasteiger partial charge in [0.2, 0.25) is 0 Å². The molecular formula is C15H13IN2O2. The maximum atomic E-state index is 11.9. The fourth-order valence-electron chi connectivity index (χ4n) is 1.67. The van der Waals surface area contributed by atoms with E-state index < -0.39 is 0 Å². The molecule has 2 aromatic rings. The molecule has 0 bridgehead atoms. The molecule has 102 valence electrons. The molecule has 0 saturated heterocycles. The van der Waals surface area contributed by atoms with Crippen LogP contribution in [0.5, 0.6) is 5.75 Å². The second kappa shape index (κ2) is 6.51. The number of benzene rings is 2. The van der Waals surface area contributed by atoms with E-state index in [9.17, 15) is 9.90 Å². The molecule has 1 amide bonds. The Hall–Kier alpha value is -1.89. The number of para-hydroxylation sites is 1. The highest BCUT2D eigenvalue weighted by molar-refractivity contribution is 14.1. The predicted octanol–water partition coefficient (Wildman–Crippen LogP) is 3.15. The van der Waals surface area contributed by atoms with E-state index in [-0.39, 0.29) is 11.7 Å². The Morgan fingerprint density at radius 1 is 1.20 bits per heavy atom. The van der Waals surface area contributed by atoms with E-state index in [1.807, 2.05) is 12.1 Å². The van der Waals surface area contributed by atoms with Gasteiger partial charge in [-0.1, -0.05) is 18.2 Å². The number of amides is 1. The standard InChI is InChI=1S/C15H13IN2O2/c1-10(13-7-2-3-8-14(13)19)17-18-15(20)11-5-4-6-12(16)9-11/h2-9,19H,1H3,(H,18,20). The molecule has 0 aromatic heterocycles. The van der Waals surface area contributed by atoms with E-state index in [4.69, 9.17) is 0 Å². The summed E-state index contributed by atoms with van der Waals surface area (Å²) in [4.78, 5) is 11.9.